The van der Waals surface area contributed by atoms with Crippen molar-refractivity contribution >= 4 is 0 Å². The van der Waals surface area contributed by atoms with E-state index in [9.17, 15) is 0 Å². The second-order valence-electron chi connectivity index (χ2n) is 5.69. The third kappa shape index (κ3) is 3.48. The summed E-state index contributed by atoms with van der Waals surface area (Å²) >= 11 is 0. The molecule has 1 atom stereocenters. The fraction of sp³-hybridized carbons (Fsp3) is 0.867. The molecule has 1 fully saturated rings. The lowest BCUT2D eigenvalue weighted by molar-refractivity contribution is 0.177. The van der Waals surface area contributed by atoms with Crippen molar-refractivity contribution in [3.05, 3.63) is 11.8 Å². The highest BCUT2D eigenvalue weighted by atomic mass is 16.5. The number of hydrogen-bond donors (Lipinski definition) is 1. The van der Waals surface area contributed by atoms with Crippen molar-refractivity contribution in [2.24, 2.45) is 17.6 Å². The lowest BCUT2D eigenvalue weighted by Crippen LogP contribution is -2.35. The Kier molecular flexibility index (Phi) is 4.90. The Hall–Kier alpha value is -0.500. The van der Waals surface area contributed by atoms with Gasteiger partial charge in [0.25, 0.3) is 0 Å². The lowest BCUT2D eigenvalue weighted by atomic mass is 9.76. The Bertz CT molecular complexity index is 254. The van der Waals surface area contributed by atoms with Gasteiger partial charge in [-0.3, -0.25) is 0 Å². The molecule has 17 heavy (non-hydrogen) atoms. The third-order valence-corrected chi connectivity index (χ3v) is 4.43. The number of unbranched alkanes of at least 4 members (excludes halogenated alkanes) is 1. The highest BCUT2D eigenvalue weighted by molar-refractivity contribution is 5.08. The van der Waals surface area contributed by atoms with Crippen LogP contribution in [0.1, 0.15) is 58.3 Å². The Morgan fingerprint density at radius 1 is 1.35 bits per heavy atom. The monoisotopic (exact) mass is 237 g/mol. The minimum absolute atomic E-state index is 0.171. The standard InChI is InChI=1S/C15H27NO/c1-2-3-5-12-7-9-13(10-8-12)15(16)14-6-4-11-17-14/h6,12-13,15H,2-5,7-11,16H2,1H3. The minimum Gasteiger partial charge on any atom is -0.496 e. The molecule has 98 valence electrons. The molecule has 1 aliphatic heterocycles. The maximum atomic E-state index is 6.31. The van der Waals surface area contributed by atoms with Gasteiger partial charge < -0.3 is 10.5 Å². The first-order valence-electron chi connectivity index (χ1n) is 7.39. The maximum Gasteiger partial charge on any atom is 0.109 e. The van der Waals surface area contributed by atoms with Crippen molar-refractivity contribution in [2.75, 3.05) is 6.61 Å². The van der Waals surface area contributed by atoms with E-state index in [2.05, 4.69) is 13.0 Å². The summed E-state index contributed by atoms with van der Waals surface area (Å²) in [5.41, 5.74) is 6.31. The first-order chi connectivity index (χ1) is 8.31. The molecule has 0 saturated heterocycles. The van der Waals surface area contributed by atoms with E-state index in [0.29, 0.717) is 5.92 Å². The molecule has 0 amide bonds. The summed E-state index contributed by atoms with van der Waals surface area (Å²) < 4.78 is 5.60. The molecule has 0 radical (unpaired) electrons. The lowest BCUT2D eigenvalue weighted by Gasteiger charge is -2.32. The zero-order valence-corrected chi connectivity index (χ0v) is 11.2. The van der Waals surface area contributed by atoms with Crippen molar-refractivity contribution in [1.29, 1.82) is 0 Å². The van der Waals surface area contributed by atoms with Crippen molar-refractivity contribution in [1.82, 2.24) is 0 Å². The van der Waals surface area contributed by atoms with E-state index in [1.165, 1.54) is 44.9 Å². The Morgan fingerprint density at radius 2 is 2.12 bits per heavy atom. The fourth-order valence-corrected chi connectivity index (χ4v) is 3.23. The fourth-order valence-electron chi connectivity index (χ4n) is 3.23. The quantitative estimate of drug-likeness (QED) is 0.792. The Morgan fingerprint density at radius 3 is 2.71 bits per heavy atom. The molecule has 2 aliphatic rings. The van der Waals surface area contributed by atoms with Gasteiger partial charge in [0.2, 0.25) is 0 Å². The van der Waals surface area contributed by atoms with Gasteiger partial charge in [-0.05, 0) is 30.8 Å². The summed E-state index contributed by atoms with van der Waals surface area (Å²) in [6, 6.07) is 0.171. The smallest absolute Gasteiger partial charge is 0.109 e. The molecular weight excluding hydrogens is 210 g/mol. The summed E-state index contributed by atoms with van der Waals surface area (Å²) in [6.45, 7) is 3.13. The molecule has 0 spiro atoms. The topological polar surface area (TPSA) is 35.2 Å². The molecule has 2 heteroatoms. The van der Waals surface area contributed by atoms with Crippen LogP contribution in [-0.4, -0.2) is 12.6 Å². The molecule has 0 aromatic heterocycles. The number of hydrogen-bond acceptors (Lipinski definition) is 2. The van der Waals surface area contributed by atoms with Crippen molar-refractivity contribution in [3.63, 3.8) is 0 Å². The van der Waals surface area contributed by atoms with E-state index >= 15 is 0 Å². The summed E-state index contributed by atoms with van der Waals surface area (Å²) in [7, 11) is 0. The van der Waals surface area contributed by atoms with Gasteiger partial charge in [-0.25, -0.2) is 0 Å². The second-order valence-corrected chi connectivity index (χ2v) is 5.69. The van der Waals surface area contributed by atoms with Crippen LogP contribution in [0.4, 0.5) is 0 Å². The molecule has 2 rings (SSSR count). The van der Waals surface area contributed by atoms with Crippen LogP contribution in [0.3, 0.4) is 0 Å². The molecule has 2 N–H and O–H groups in total. The molecule has 2 nitrogen and oxygen atoms in total. The molecule has 0 aromatic rings. The molecule has 1 saturated carbocycles. The van der Waals surface area contributed by atoms with Crippen LogP contribution in [0, 0.1) is 11.8 Å². The normalized spacial score (nSPS) is 30.8. The van der Waals surface area contributed by atoms with E-state index in [1.54, 1.807) is 0 Å². The van der Waals surface area contributed by atoms with E-state index < -0.39 is 0 Å². The highest BCUT2D eigenvalue weighted by Gasteiger charge is 2.28. The molecule has 1 aliphatic carbocycles. The minimum atomic E-state index is 0.171. The first-order valence-corrected chi connectivity index (χ1v) is 7.39. The summed E-state index contributed by atoms with van der Waals surface area (Å²) in [5, 5.41) is 0. The van der Waals surface area contributed by atoms with Crippen LogP contribution in [0.25, 0.3) is 0 Å². The van der Waals surface area contributed by atoms with Gasteiger partial charge in [0.1, 0.15) is 5.76 Å². The van der Waals surface area contributed by atoms with E-state index in [0.717, 1.165) is 24.7 Å². The molecule has 0 aromatic carbocycles. The highest BCUT2D eigenvalue weighted by Crippen LogP contribution is 2.35. The molecular formula is C15H27NO. The van der Waals surface area contributed by atoms with Crippen LogP contribution in [-0.2, 0) is 4.74 Å². The van der Waals surface area contributed by atoms with Gasteiger partial charge in [0.05, 0.1) is 12.6 Å². The third-order valence-electron chi connectivity index (χ3n) is 4.43. The average molecular weight is 237 g/mol. The van der Waals surface area contributed by atoms with E-state index in [4.69, 9.17) is 10.5 Å². The predicted octanol–water partition coefficient (Wildman–Crippen LogP) is 3.61. The van der Waals surface area contributed by atoms with Crippen LogP contribution in [0.2, 0.25) is 0 Å². The van der Waals surface area contributed by atoms with Crippen LogP contribution in [0.5, 0.6) is 0 Å². The van der Waals surface area contributed by atoms with Crippen LogP contribution in [0.15, 0.2) is 11.8 Å². The zero-order chi connectivity index (χ0) is 12.1. The summed E-state index contributed by atoms with van der Waals surface area (Å²) in [5.74, 6) is 2.70. The van der Waals surface area contributed by atoms with E-state index in [1.807, 2.05) is 0 Å². The predicted molar refractivity (Wildman–Crippen MR) is 71.6 cm³/mol. The first kappa shape index (κ1) is 12.9. The van der Waals surface area contributed by atoms with E-state index in [-0.39, 0.29) is 6.04 Å². The van der Waals surface area contributed by atoms with Gasteiger partial charge in [-0.15, -0.1) is 0 Å². The van der Waals surface area contributed by atoms with Crippen LogP contribution >= 0.6 is 0 Å². The summed E-state index contributed by atoms with van der Waals surface area (Å²) in [6.07, 6.45) is 12.8. The molecule has 1 heterocycles. The van der Waals surface area contributed by atoms with Gasteiger partial charge >= 0.3 is 0 Å². The molecule has 0 bridgehead atoms. The number of rotatable bonds is 5. The largest absolute Gasteiger partial charge is 0.496 e. The van der Waals surface area contributed by atoms with Gasteiger partial charge in [-0.1, -0.05) is 39.0 Å². The summed E-state index contributed by atoms with van der Waals surface area (Å²) in [4.78, 5) is 0. The molecule has 1 unspecified atom stereocenters. The van der Waals surface area contributed by atoms with Crippen molar-refractivity contribution < 1.29 is 4.74 Å². The van der Waals surface area contributed by atoms with Gasteiger partial charge in [0, 0.05) is 6.42 Å². The number of ether oxygens (including phenoxy) is 1. The van der Waals surface area contributed by atoms with Gasteiger partial charge in [-0.2, -0.15) is 0 Å². The SMILES string of the molecule is CCCCC1CCC(C(N)C2=CCCO2)CC1. The maximum absolute atomic E-state index is 6.31. The van der Waals surface area contributed by atoms with Crippen molar-refractivity contribution in [3.8, 4) is 0 Å². The van der Waals surface area contributed by atoms with Crippen molar-refractivity contribution in [2.45, 2.75) is 64.3 Å². The van der Waals surface area contributed by atoms with Gasteiger partial charge in [0.15, 0.2) is 0 Å². The number of nitrogens with two attached hydrogens (primary N) is 1. The Balaban J connectivity index is 1.74. The van der Waals surface area contributed by atoms with Crippen LogP contribution < -0.4 is 5.73 Å². The Labute approximate surface area is 106 Å². The average Bonchev–Trinajstić information content (AvgIpc) is 2.90. The zero-order valence-electron chi connectivity index (χ0n) is 11.2. The second kappa shape index (κ2) is 6.44.